The second-order valence-corrected chi connectivity index (χ2v) is 4.79. The van der Waals surface area contributed by atoms with Gasteiger partial charge in [0.25, 0.3) is 0 Å². The number of aryl methyl sites for hydroxylation is 2. The van der Waals surface area contributed by atoms with Crippen molar-refractivity contribution in [1.82, 2.24) is 0 Å². The molecule has 0 unspecified atom stereocenters. The van der Waals surface area contributed by atoms with Crippen molar-refractivity contribution in [3.05, 3.63) is 59.7 Å². The summed E-state index contributed by atoms with van der Waals surface area (Å²) in [6, 6.07) is 17.2. The predicted molar refractivity (Wildman–Crippen MR) is 81.3 cm³/mol. The SMILES string of the molecule is CCCC[c-]1cccc1.CCCC[c-]1cccc1.[Cl-].[Cl-].[Cl-].[Cl-].[Zr+4].[Zr+4]. The van der Waals surface area contributed by atoms with E-state index in [0.717, 1.165) is 0 Å². The van der Waals surface area contributed by atoms with E-state index in [1.54, 1.807) is 0 Å². The van der Waals surface area contributed by atoms with Crippen molar-refractivity contribution in [2.45, 2.75) is 52.4 Å². The molecule has 0 radical (unpaired) electrons. The summed E-state index contributed by atoms with van der Waals surface area (Å²) in [5.41, 5.74) is 2.97. The fourth-order valence-corrected chi connectivity index (χ4v) is 1.92. The van der Waals surface area contributed by atoms with Crippen LogP contribution in [0.3, 0.4) is 0 Å². The molecule has 0 fully saturated rings. The first kappa shape index (κ1) is 40.3. The summed E-state index contributed by atoms with van der Waals surface area (Å²) in [4.78, 5) is 0. The van der Waals surface area contributed by atoms with E-state index in [-0.39, 0.29) is 102 Å². The molecule has 0 N–H and O–H groups in total. The third kappa shape index (κ3) is 21.7. The van der Waals surface area contributed by atoms with Crippen LogP contribution in [-0.4, -0.2) is 0 Å². The molecule has 0 saturated carbocycles. The van der Waals surface area contributed by atoms with Gasteiger partial charge in [0.05, 0.1) is 0 Å². The van der Waals surface area contributed by atoms with Gasteiger partial charge in [0, 0.05) is 0 Å². The minimum absolute atomic E-state index is 0. The summed E-state index contributed by atoms with van der Waals surface area (Å²) in [6.07, 6.45) is 7.75. The third-order valence-corrected chi connectivity index (χ3v) is 3.10. The van der Waals surface area contributed by atoms with Gasteiger partial charge in [-0.25, -0.2) is 24.3 Å². The van der Waals surface area contributed by atoms with Crippen LogP contribution in [0.25, 0.3) is 0 Å². The molecule has 2 aromatic carbocycles. The van der Waals surface area contributed by atoms with Crippen molar-refractivity contribution in [3.8, 4) is 0 Å². The first-order valence-corrected chi connectivity index (χ1v) is 7.28. The van der Waals surface area contributed by atoms with E-state index in [2.05, 4.69) is 62.4 Å². The fraction of sp³-hybridized carbons (Fsp3) is 0.444. The number of hydrogen-bond donors (Lipinski definition) is 0. The van der Waals surface area contributed by atoms with Crippen molar-refractivity contribution in [2.24, 2.45) is 0 Å². The van der Waals surface area contributed by atoms with Crippen LogP contribution in [-0.2, 0) is 65.2 Å². The molecule has 0 spiro atoms. The molecular weight excluding hydrogens is 540 g/mol. The maximum atomic E-state index is 2.23. The van der Waals surface area contributed by atoms with Crippen LogP contribution in [0, 0.1) is 0 Å². The predicted octanol–water partition coefficient (Wildman–Crippen LogP) is -6.49. The molecule has 0 amide bonds. The van der Waals surface area contributed by atoms with Gasteiger partial charge >= 0.3 is 52.4 Å². The van der Waals surface area contributed by atoms with E-state index in [0.29, 0.717) is 0 Å². The molecule has 132 valence electrons. The van der Waals surface area contributed by atoms with Crippen molar-refractivity contribution in [1.29, 1.82) is 0 Å². The zero-order valence-electron chi connectivity index (χ0n) is 14.4. The number of halogens is 4. The summed E-state index contributed by atoms with van der Waals surface area (Å²) < 4.78 is 0. The summed E-state index contributed by atoms with van der Waals surface area (Å²) in [5, 5.41) is 0. The number of unbranched alkanes of at least 4 members (excludes halogenated alkanes) is 2. The van der Waals surface area contributed by atoms with Crippen LogP contribution in [0.15, 0.2) is 48.5 Å². The maximum Gasteiger partial charge on any atom is 4.00 e. The van der Waals surface area contributed by atoms with E-state index in [1.807, 2.05) is 0 Å². The number of rotatable bonds is 6. The molecular formula is C18H26Cl4Zr2+2. The Hall–Kier alpha value is 1.63. The van der Waals surface area contributed by atoms with Gasteiger partial charge in [0.1, 0.15) is 0 Å². The van der Waals surface area contributed by atoms with E-state index >= 15 is 0 Å². The minimum Gasteiger partial charge on any atom is -1.00 e. The molecule has 0 aliphatic rings. The first-order valence-electron chi connectivity index (χ1n) is 7.28. The summed E-state index contributed by atoms with van der Waals surface area (Å²) in [6.45, 7) is 4.45. The molecule has 0 heterocycles. The molecule has 0 aliphatic carbocycles. The first-order chi connectivity index (χ1) is 8.86. The molecule has 6 heteroatoms. The average Bonchev–Trinajstić information content (AvgIpc) is 3.07. The molecule has 24 heavy (non-hydrogen) atoms. The molecule has 0 aromatic heterocycles. The largest absolute Gasteiger partial charge is 4.00 e. The Bertz CT molecular complexity index is 337. The molecule has 2 aromatic rings. The molecule has 0 atom stereocenters. The van der Waals surface area contributed by atoms with Gasteiger partial charge in [0.15, 0.2) is 0 Å². The van der Waals surface area contributed by atoms with Gasteiger partial charge in [-0.2, -0.15) is 35.4 Å². The monoisotopic (exact) mass is 562 g/mol. The van der Waals surface area contributed by atoms with Gasteiger partial charge < -0.3 is 49.6 Å². The normalized spacial score (nSPS) is 7.42. The zero-order chi connectivity index (χ0) is 13.1. The van der Waals surface area contributed by atoms with Crippen LogP contribution in [0.1, 0.15) is 50.7 Å². The van der Waals surface area contributed by atoms with Crippen molar-refractivity contribution < 1.29 is 102 Å². The Kier molecular flexibility index (Phi) is 49.4. The zero-order valence-corrected chi connectivity index (χ0v) is 22.3. The van der Waals surface area contributed by atoms with Crippen LogP contribution in [0.4, 0.5) is 0 Å². The summed E-state index contributed by atoms with van der Waals surface area (Å²) in [7, 11) is 0. The van der Waals surface area contributed by atoms with Crippen LogP contribution < -0.4 is 49.6 Å². The third-order valence-electron chi connectivity index (χ3n) is 3.10. The standard InChI is InChI=1S/2C9H13.4ClH.2Zr/c2*1-2-3-6-9-7-4-5-8-9;;;;;;/h2*4-5,7-8H,2-3,6H2,1H3;4*1H;;/q2*-1;;;;;2*+4/p-4. The van der Waals surface area contributed by atoms with Gasteiger partial charge in [-0.15, -0.1) is 0 Å². The van der Waals surface area contributed by atoms with E-state index < -0.39 is 0 Å². The average molecular weight is 567 g/mol. The van der Waals surface area contributed by atoms with Gasteiger partial charge in [-0.3, -0.25) is 0 Å². The van der Waals surface area contributed by atoms with Gasteiger partial charge in [0.2, 0.25) is 0 Å². The van der Waals surface area contributed by atoms with Gasteiger partial charge in [-0.1, -0.05) is 52.4 Å². The Labute approximate surface area is 212 Å². The minimum atomic E-state index is 0. The maximum absolute atomic E-state index is 2.23. The van der Waals surface area contributed by atoms with Gasteiger partial charge in [-0.05, 0) is 0 Å². The summed E-state index contributed by atoms with van der Waals surface area (Å²) in [5.74, 6) is 0. The van der Waals surface area contributed by atoms with Crippen molar-refractivity contribution in [3.63, 3.8) is 0 Å². The molecule has 0 nitrogen and oxygen atoms in total. The molecule has 0 bridgehead atoms. The molecule has 0 saturated heterocycles. The molecule has 2 rings (SSSR count). The van der Waals surface area contributed by atoms with Crippen molar-refractivity contribution >= 4 is 0 Å². The van der Waals surface area contributed by atoms with Crippen LogP contribution in [0.5, 0.6) is 0 Å². The fourth-order valence-electron chi connectivity index (χ4n) is 1.92. The van der Waals surface area contributed by atoms with E-state index in [1.165, 1.54) is 49.7 Å². The van der Waals surface area contributed by atoms with E-state index in [4.69, 9.17) is 0 Å². The molecule has 0 aliphatic heterocycles. The quantitative estimate of drug-likeness (QED) is 0.306. The topological polar surface area (TPSA) is 0 Å². The second-order valence-electron chi connectivity index (χ2n) is 4.79. The summed E-state index contributed by atoms with van der Waals surface area (Å²) >= 11 is 0. The van der Waals surface area contributed by atoms with Crippen LogP contribution >= 0.6 is 0 Å². The Morgan fingerprint density at radius 3 is 1.00 bits per heavy atom. The Morgan fingerprint density at radius 1 is 0.542 bits per heavy atom. The smallest absolute Gasteiger partial charge is 1.00 e. The second kappa shape index (κ2) is 29.4. The number of hydrogen-bond acceptors (Lipinski definition) is 0. The van der Waals surface area contributed by atoms with Crippen molar-refractivity contribution in [2.75, 3.05) is 0 Å². The Balaban J connectivity index is -0.0000000540. The Morgan fingerprint density at radius 2 is 0.792 bits per heavy atom. The van der Waals surface area contributed by atoms with E-state index in [9.17, 15) is 0 Å². The van der Waals surface area contributed by atoms with Crippen LogP contribution in [0.2, 0.25) is 0 Å².